The van der Waals surface area contributed by atoms with Crippen LogP contribution in [-0.4, -0.2) is 35.0 Å². The molecular weight excluding hydrogens is 314 g/mol. The largest absolute Gasteiger partial charge is 0.491 e. The van der Waals surface area contributed by atoms with Crippen LogP contribution >= 0.6 is 0 Å². The zero-order chi connectivity index (χ0) is 17.1. The van der Waals surface area contributed by atoms with Crippen molar-refractivity contribution in [2.45, 2.75) is 38.5 Å². The Bertz CT molecular complexity index is 749. The van der Waals surface area contributed by atoms with Crippen LogP contribution in [0.2, 0.25) is 0 Å². The van der Waals surface area contributed by atoms with Crippen molar-refractivity contribution >= 4 is 5.78 Å². The first kappa shape index (κ1) is 16.3. The summed E-state index contributed by atoms with van der Waals surface area (Å²) in [6.07, 6.45) is 11.8. The van der Waals surface area contributed by atoms with E-state index in [1.54, 1.807) is 6.20 Å². The molecule has 0 aliphatic heterocycles. The number of fused-ring (bicyclic) bond motifs is 1. The molecule has 0 saturated heterocycles. The van der Waals surface area contributed by atoms with Crippen molar-refractivity contribution in [2.75, 3.05) is 19.7 Å². The molecule has 4 rings (SSSR count). The van der Waals surface area contributed by atoms with Gasteiger partial charge in [-0.25, -0.2) is 0 Å². The number of Topliss-reactive ketones (excluding diaryl/α,β-unsaturated/α-hetero) is 1. The predicted molar refractivity (Wildman–Crippen MR) is 96.5 cm³/mol. The van der Waals surface area contributed by atoms with Crippen LogP contribution in [0.3, 0.4) is 0 Å². The number of pyridine rings is 1. The van der Waals surface area contributed by atoms with Crippen LogP contribution in [-0.2, 0) is 6.42 Å². The monoisotopic (exact) mass is 339 g/mol. The number of nitrogens with one attached hydrogen (secondary N) is 1. The summed E-state index contributed by atoms with van der Waals surface area (Å²) in [7, 11) is 0. The standard InChI is InChI=1S/C20H25N3O2/c24-19-4-1-3-17-16(19)8-11-23(17)18-14-22-10-7-20(18)25-12-2-9-21-13-15-5-6-15/h7-8,10-11,14-15,21H,1-6,9,12-13H2. The quantitative estimate of drug-likeness (QED) is 0.751. The van der Waals surface area contributed by atoms with Crippen molar-refractivity contribution in [1.82, 2.24) is 14.9 Å². The molecule has 1 N–H and O–H groups in total. The van der Waals surface area contributed by atoms with Crippen LogP contribution in [0.25, 0.3) is 5.69 Å². The van der Waals surface area contributed by atoms with E-state index < -0.39 is 0 Å². The van der Waals surface area contributed by atoms with Gasteiger partial charge in [0.15, 0.2) is 5.78 Å². The van der Waals surface area contributed by atoms with Crippen LogP contribution in [0.5, 0.6) is 5.75 Å². The van der Waals surface area contributed by atoms with E-state index in [0.29, 0.717) is 13.0 Å². The third-order valence-electron chi connectivity index (χ3n) is 5.02. The number of carbonyl (C=O) groups is 1. The second kappa shape index (κ2) is 7.40. The van der Waals surface area contributed by atoms with Gasteiger partial charge >= 0.3 is 0 Å². The minimum atomic E-state index is 0.244. The summed E-state index contributed by atoms with van der Waals surface area (Å²) in [5.41, 5.74) is 2.86. The molecule has 2 aliphatic carbocycles. The predicted octanol–water partition coefficient (Wildman–Crippen LogP) is 3.16. The number of hydrogen-bond donors (Lipinski definition) is 1. The molecule has 2 aliphatic rings. The number of nitrogens with zero attached hydrogens (tertiary/aromatic N) is 2. The SMILES string of the molecule is O=C1CCCc2c1ccn2-c1cnccc1OCCCNCC1CC1. The molecule has 0 spiro atoms. The molecule has 0 bridgehead atoms. The van der Waals surface area contributed by atoms with Crippen LogP contribution < -0.4 is 10.1 Å². The molecule has 1 saturated carbocycles. The minimum absolute atomic E-state index is 0.244. The molecular formula is C20H25N3O2. The molecule has 0 radical (unpaired) electrons. The van der Waals surface area contributed by atoms with Gasteiger partial charge in [0.2, 0.25) is 0 Å². The number of rotatable bonds is 8. The molecule has 132 valence electrons. The second-order valence-electron chi connectivity index (χ2n) is 7.02. The van der Waals surface area contributed by atoms with Crippen molar-refractivity contribution in [2.24, 2.45) is 5.92 Å². The molecule has 25 heavy (non-hydrogen) atoms. The van der Waals surface area contributed by atoms with Gasteiger partial charge in [-0.15, -0.1) is 0 Å². The third-order valence-corrected chi connectivity index (χ3v) is 5.02. The highest BCUT2D eigenvalue weighted by Gasteiger charge is 2.22. The number of aromatic nitrogens is 2. The molecule has 0 atom stereocenters. The molecule has 0 aromatic carbocycles. The van der Waals surface area contributed by atoms with Crippen LogP contribution in [0, 0.1) is 5.92 Å². The van der Waals surface area contributed by atoms with E-state index in [9.17, 15) is 4.79 Å². The molecule has 2 aromatic heterocycles. The zero-order valence-corrected chi connectivity index (χ0v) is 14.5. The lowest BCUT2D eigenvalue weighted by molar-refractivity contribution is 0.0972. The summed E-state index contributed by atoms with van der Waals surface area (Å²) in [5, 5.41) is 3.49. The zero-order valence-electron chi connectivity index (χ0n) is 14.5. The average molecular weight is 339 g/mol. The van der Waals surface area contributed by atoms with Gasteiger partial charge in [-0.05, 0) is 57.2 Å². The maximum Gasteiger partial charge on any atom is 0.164 e. The summed E-state index contributed by atoms with van der Waals surface area (Å²) >= 11 is 0. The summed E-state index contributed by atoms with van der Waals surface area (Å²) in [6, 6.07) is 3.83. The summed E-state index contributed by atoms with van der Waals surface area (Å²) in [6.45, 7) is 2.81. The van der Waals surface area contributed by atoms with Crippen LogP contribution in [0.4, 0.5) is 0 Å². The van der Waals surface area contributed by atoms with E-state index in [4.69, 9.17) is 4.74 Å². The Labute approximate surface area is 148 Å². The normalized spacial score (nSPS) is 16.7. The lowest BCUT2D eigenvalue weighted by Crippen LogP contribution is -2.20. The van der Waals surface area contributed by atoms with Crippen molar-refractivity contribution in [3.8, 4) is 11.4 Å². The van der Waals surface area contributed by atoms with E-state index in [1.807, 2.05) is 24.5 Å². The number of carbonyl (C=O) groups excluding carboxylic acids is 1. The Hall–Kier alpha value is -2.14. The average Bonchev–Trinajstić information content (AvgIpc) is 3.35. The first-order chi connectivity index (χ1) is 12.3. The molecule has 0 amide bonds. The first-order valence-corrected chi connectivity index (χ1v) is 9.34. The lowest BCUT2D eigenvalue weighted by Gasteiger charge is -2.17. The highest BCUT2D eigenvalue weighted by atomic mass is 16.5. The molecule has 2 heterocycles. The summed E-state index contributed by atoms with van der Waals surface area (Å²) in [4.78, 5) is 16.3. The van der Waals surface area contributed by atoms with Crippen LogP contribution in [0.15, 0.2) is 30.7 Å². The van der Waals surface area contributed by atoms with E-state index in [2.05, 4.69) is 14.9 Å². The van der Waals surface area contributed by atoms with Gasteiger partial charge in [0.25, 0.3) is 0 Å². The van der Waals surface area contributed by atoms with E-state index in [-0.39, 0.29) is 5.78 Å². The van der Waals surface area contributed by atoms with Gasteiger partial charge in [0.1, 0.15) is 11.4 Å². The molecule has 0 unspecified atom stereocenters. The summed E-state index contributed by atoms with van der Waals surface area (Å²) < 4.78 is 8.09. The van der Waals surface area contributed by atoms with E-state index in [1.165, 1.54) is 12.8 Å². The number of ether oxygens (including phenoxy) is 1. The topological polar surface area (TPSA) is 56.2 Å². The Morgan fingerprint density at radius 2 is 2.20 bits per heavy atom. The molecule has 1 fully saturated rings. The highest BCUT2D eigenvalue weighted by molar-refractivity contribution is 5.98. The number of hydrogen-bond acceptors (Lipinski definition) is 4. The third kappa shape index (κ3) is 3.76. The van der Waals surface area contributed by atoms with E-state index in [0.717, 1.165) is 61.0 Å². The maximum atomic E-state index is 12.1. The van der Waals surface area contributed by atoms with Gasteiger partial charge in [-0.2, -0.15) is 0 Å². The Morgan fingerprint density at radius 1 is 1.28 bits per heavy atom. The maximum absolute atomic E-state index is 12.1. The van der Waals surface area contributed by atoms with Crippen molar-refractivity contribution in [1.29, 1.82) is 0 Å². The number of ketones is 1. The molecule has 5 nitrogen and oxygen atoms in total. The minimum Gasteiger partial charge on any atom is -0.491 e. The Balaban J connectivity index is 1.41. The lowest BCUT2D eigenvalue weighted by atomic mass is 9.97. The van der Waals surface area contributed by atoms with Crippen molar-refractivity contribution in [3.05, 3.63) is 42.0 Å². The molecule has 2 aromatic rings. The Kier molecular flexibility index (Phi) is 4.83. The van der Waals surface area contributed by atoms with Gasteiger partial charge in [-0.1, -0.05) is 0 Å². The van der Waals surface area contributed by atoms with Gasteiger partial charge in [-0.3, -0.25) is 9.78 Å². The van der Waals surface area contributed by atoms with Gasteiger partial charge < -0.3 is 14.6 Å². The van der Waals surface area contributed by atoms with Crippen LogP contribution in [0.1, 0.15) is 48.2 Å². The fourth-order valence-electron chi connectivity index (χ4n) is 3.43. The van der Waals surface area contributed by atoms with Crippen molar-refractivity contribution < 1.29 is 9.53 Å². The fraction of sp³-hybridized carbons (Fsp3) is 0.500. The smallest absolute Gasteiger partial charge is 0.164 e. The molecule has 5 heteroatoms. The summed E-state index contributed by atoms with van der Waals surface area (Å²) in [5.74, 6) is 1.98. The van der Waals surface area contributed by atoms with Gasteiger partial charge in [0.05, 0.1) is 12.8 Å². The van der Waals surface area contributed by atoms with E-state index >= 15 is 0 Å². The van der Waals surface area contributed by atoms with Crippen molar-refractivity contribution in [3.63, 3.8) is 0 Å². The second-order valence-corrected chi connectivity index (χ2v) is 7.02. The fourth-order valence-corrected chi connectivity index (χ4v) is 3.43. The Morgan fingerprint density at radius 3 is 3.08 bits per heavy atom. The van der Waals surface area contributed by atoms with Gasteiger partial charge in [0, 0.05) is 36.1 Å². The highest BCUT2D eigenvalue weighted by Crippen LogP contribution is 2.29. The first-order valence-electron chi connectivity index (χ1n) is 9.34.